The Morgan fingerprint density at radius 3 is 2.15 bits per heavy atom. The molecule has 20 heavy (non-hydrogen) atoms. The summed E-state index contributed by atoms with van der Waals surface area (Å²) in [6.45, 7) is 3.53. The number of hydrogen-bond acceptors (Lipinski definition) is 2. The molecule has 0 aliphatic heterocycles. The third-order valence-electron chi connectivity index (χ3n) is 3.49. The minimum atomic E-state index is -4.36. The van der Waals surface area contributed by atoms with Crippen molar-refractivity contribution in [2.24, 2.45) is 0 Å². The van der Waals surface area contributed by atoms with E-state index in [0.717, 1.165) is 12.1 Å². The largest absolute Gasteiger partial charge is 0.480 e. The molecule has 6 heteroatoms. The maximum absolute atomic E-state index is 12.5. The summed E-state index contributed by atoms with van der Waals surface area (Å²) < 4.78 is 37.4. The monoisotopic (exact) mass is 289 g/mol. The Kier molecular flexibility index (Phi) is 5.16. The van der Waals surface area contributed by atoms with Gasteiger partial charge in [0.1, 0.15) is 6.04 Å². The predicted octanol–water partition coefficient (Wildman–Crippen LogP) is 3.56. The summed E-state index contributed by atoms with van der Waals surface area (Å²) in [5.41, 5.74) is -0.0541. The fraction of sp³-hybridized carbons (Fsp3) is 0.500. The number of alkyl halides is 3. The lowest BCUT2D eigenvalue weighted by Gasteiger charge is -2.30. The highest BCUT2D eigenvalue weighted by Gasteiger charge is 2.31. The average molecular weight is 289 g/mol. The first-order chi connectivity index (χ1) is 9.18. The van der Waals surface area contributed by atoms with Crippen LogP contribution < -0.4 is 0 Å². The quantitative estimate of drug-likeness (QED) is 0.901. The van der Waals surface area contributed by atoms with Gasteiger partial charge in [0.05, 0.1) is 5.56 Å². The molecule has 0 saturated carbocycles. The Bertz CT molecular complexity index is 456. The van der Waals surface area contributed by atoms with E-state index in [-0.39, 0.29) is 6.04 Å². The molecule has 3 nitrogen and oxygen atoms in total. The van der Waals surface area contributed by atoms with Crippen molar-refractivity contribution in [2.75, 3.05) is 7.05 Å². The van der Waals surface area contributed by atoms with Crippen LogP contribution >= 0.6 is 0 Å². The van der Waals surface area contributed by atoms with Gasteiger partial charge in [-0.05, 0) is 38.1 Å². The molecule has 0 spiro atoms. The molecule has 0 aliphatic carbocycles. The number of carbonyl (C=O) groups is 1. The van der Waals surface area contributed by atoms with Gasteiger partial charge in [-0.25, -0.2) is 0 Å². The molecular formula is C14H18F3NO2. The van der Waals surface area contributed by atoms with Crippen LogP contribution in [0.1, 0.15) is 37.4 Å². The van der Waals surface area contributed by atoms with E-state index in [0.29, 0.717) is 12.0 Å². The highest BCUT2D eigenvalue weighted by molar-refractivity contribution is 5.73. The van der Waals surface area contributed by atoms with Crippen LogP contribution in [-0.2, 0) is 11.0 Å². The zero-order valence-corrected chi connectivity index (χ0v) is 11.6. The van der Waals surface area contributed by atoms with E-state index < -0.39 is 23.8 Å². The summed E-state index contributed by atoms with van der Waals surface area (Å²) in [7, 11) is 1.66. The maximum atomic E-state index is 12.5. The third kappa shape index (κ3) is 3.72. The molecule has 1 rings (SSSR count). The number of benzene rings is 1. The standard InChI is InChI=1S/C14H18F3NO2/c1-4-12(13(19)20)18(3)9(2)10-5-7-11(8-6-10)14(15,16)17/h5-9,12H,4H2,1-3H3,(H,19,20). The van der Waals surface area contributed by atoms with Crippen molar-refractivity contribution in [1.82, 2.24) is 4.90 Å². The van der Waals surface area contributed by atoms with Crippen LogP contribution in [-0.4, -0.2) is 29.1 Å². The Morgan fingerprint density at radius 2 is 1.80 bits per heavy atom. The van der Waals surface area contributed by atoms with Crippen molar-refractivity contribution >= 4 is 5.97 Å². The van der Waals surface area contributed by atoms with Gasteiger partial charge in [-0.3, -0.25) is 9.69 Å². The minimum Gasteiger partial charge on any atom is -0.480 e. The van der Waals surface area contributed by atoms with E-state index in [1.54, 1.807) is 25.8 Å². The number of carboxylic acid groups (broad SMARTS) is 1. The molecule has 0 saturated heterocycles. The van der Waals surface area contributed by atoms with Crippen LogP contribution in [0.4, 0.5) is 13.2 Å². The molecule has 0 bridgehead atoms. The van der Waals surface area contributed by atoms with E-state index in [2.05, 4.69) is 0 Å². The van der Waals surface area contributed by atoms with Crippen molar-refractivity contribution in [3.63, 3.8) is 0 Å². The van der Waals surface area contributed by atoms with E-state index in [1.807, 2.05) is 0 Å². The second kappa shape index (κ2) is 6.26. The lowest BCUT2D eigenvalue weighted by molar-refractivity contribution is -0.143. The molecule has 1 N–H and O–H groups in total. The minimum absolute atomic E-state index is 0.279. The second-order valence-corrected chi connectivity index (χ2v) is 4.72. The van der Waals surface area contributed by atoms with Crippen LogP contribution in [0.5, 0.6) is 0 Å². The number of likely N-dealkylation sites (N-methyl/N-ethyl adjacent to an activating group) is 1. The summed E-state index contributed by atoms with van der Waals surface area (Å²) in [6, 6.07) is 3.87. The van der Waals surface area contributed by atoms with Gasteiger partial charge in [-0.2, -0.15) is 13.2 Å². The molecule has 0 heterocycles. The molecule has 2 unspecified atom stereocenters. The van der Waals surface area contributed by atoms with Gasteiger partial charge in [0.15, 0.2) is 0 Å². The molecule has 0 aliphatic rings. The van der Waals surface area contributed by atoms with Gasteiger partial charge in [-0.1, -0.05) is 19.1 Å². The Hall–Kier alpha value is -1.56. The normalized spacial score (nSPS) is 15.2. The van der Waals surface area contributed by atoms with Crippen molar-refractivity contribution in [2.45, 2.75) is 38.5 Å². The zero-order valence-electron chi connectivity index (χ0n) is 11.6. The number of rotatable bonds is 5. The molecule has 0 fully saturated rings. The van der Waals surface area contributed by atoms with Crippen LogP contribution in [0, 0.1) is 0 Å². The smallest absolute Gasteiger partial charge is 0.416 e. The number of aliphatic carboxylic acids is 1. The summed E-state index contributed by atoms with van der Waals surface area (Å²) in [5, 5.41) is 9.10. The predicted molar refractivity (Wildman–Crippen MR) is 69.3 cm³/mol. The molecule has 2 atom stereocenters. The zero-order chi connectivity index (χ0) is 15.5. The first-order valence-electron chi connectivity index (χ1n) is 6.30. The summed E-state index contributed by atoms with van der Waals surface area (Å²) >= 11 is 0. The van der Waals surface area contributed by atoms with Crippen LogP contribution in [0.25, 0.3) is 0 Å². The van der Waals surface area contributed by atoms with Crippen LogP contribution in [0.3, 0.4) is 0 Å². The SMILES string of the molecule is CCC(C(=O)O)N(C)C(C)c1ccc(C(F)(F)F)cc1. The summed E-state index contributed by atoms with van der Waals surface area (Å²) in [5.74, 6) is -0.936. The van der Waals surface area contributed by atoms with Crippen molar-refractivity contribution in [3.05, 3.63) is 35.4 Å². The molecule has 112 valence electrons. The molecule has 0 amide bonds. The summed E-state index contributed by atoms with van der Waals surface area (Å²) in [4.78, 5) is 12.7. The van der Waals surface area contributed by atoms with Gasteiger partial charge in [0, 0.05) is 6.04 Å². The molecular weight excluding hydrogens is 271 g/mol. The van der Waals surface area contributed by atoms with E-state index in [4.69, 9.17) is 5.11 Å². The van der Waals surface area contributed by atoms with E-state index >= 15 is 0 Å². The van der Waals surface area contributed by atoms with Gasteiger partial charge in [-0.15, -0.1) is 0 Å². The fourth-order valence-corrected chi connectivity index (χ4v) is 2.09. The molecule has 0 aromatic heterocycles. The summed E-state index contributed by atoms with van der Waals surface area (Å²) in [6.07, 6.45) is -3.93. The number of halogens is 3. The number of hydrogen-bond donors (Lipinski definition) is 1. The van der Waals surface area contributed by atoms with Gasteiger partial charge < -0.3 is 5.11 Å². The maximum Gasteiger partial charge on any atom is 0.416 e. The Labute approximate surface area is 116 Å². The van der Waals surface area contributed by atoms with Crippen LogP contribution in [0.15, 0.2) is 24.3 Å². The third-order valence-corrected chi connectivity index (χ3v) is 3.49. The topological polar surface area (TPSA) is 40.5 Å². The first-order valence-corrected chi connectivity index (χ1v) is 6.30. The molecule has 1 aromatic carbocycles. The van der Waals surface area contributed by atoms with Crippen molar-refractivity contribution < 1.29 is 23.1 Å². The Morgan fingerprint density at radius 1 is 1.30 bits per heavy atom. The average Bonchev–Trinajstić information content (AvgIpc) is 2.37. The Balaban J connectivity index is 2.92. The highest BCUT2D eigenvalue weighted by atomic mass is 19.4. The lowest BCUT2D eigenvalue weighted by Crippen LogP contribution is -2.39. The number of carboxylic acids is 1. The van der Waals surface area contributed by atoms with Gasteiger partial charge >= 0.3 is 12.1 Å². The van der Waals surface area contributed by atoms with Crippen molar-refractivity contribution in [1.29, 1.82) is 0 Å². The first kappa shape index (κ1) is 16.5. The lowest BCUT2D eigenvalue weighted by atomic mass is 10.0. The van der Waals surface area contributed by atoms with Crippen molar-refractivity contribution in [3.8, 4) is 0 Å². The van der Waals surface area contributed by atoms with Gasteiger partial charge in [0.25, 0.3) is 0 Å². The highest BCUT2D eigenvalue weighted by Crippen LogP contribution is 2.31. The molecule has 1 aromatic rings. The van der Waals surface area contributed by atoms with Gasteiger partial charge in [0.2, 0.25) is 0 Å². The van der Waals surface area contributed by atoms with Crippen LogP contribution in [0.2, 0.25) is 0 Å². The van der Waals surface area contributed by atoms with E-state index in [9.17, 15) is 18.0 Å². The fourth-order valence-electron chi connectivity index (χ4n) is 2.09. The second-order valence-electron chi connectivity index (χ2n) is 4.72. The molecule has 0 radical (unpaired) electrons. The number of nitrogens with zero attached hydrogens (tertiary/aromatic N) is 1. The van der Waals surface area contributed by atoms with E-state index in [1.165, 1.54) is 12.1 Å².